The number of carbonyl (C=O) groups is 1. The third-order valence-electron chi connectivity index (χ3n) is 3.79. The lowest BCUT2D eigenvalue weighted by Gasteiger charge is -2.07. The molecule has 1 heterocycles. The SMILES string of the molecule is CCc1cccc(OCC(=O)Nc2nc(-c3cccc(OC)c3)cs2)c1. The maximum absolute atomic E-state index is 12.1. The van der Waals surface area contributed by atoms with Crippen LogP contribution in [0.3, 0.4) is 0 Å². The Morgan fingerprint density at radius 3 is 2.77 bits per heavy atom. The molecule has 134 valence electrons. The molecule has 0 unspecified atom stereocenters. The minimum atomic E-state index is -0.238. The van der Waals surface area contributed by atoms with Gasteiger partial charge in [-0.05, 0) is 36.2 Å². The van der Waals surface area contributed by atoms with Gasteiger partial charge < -0.3 is 9.47 Å². The number of rotatable bonds is 7. The zero-order chi connectivity index (χ0) is 18.4. The Balaban J connectivity index is 1.58. The number of carbonyl (C=O) groups excluding carboxylic acids is 1. The molecule has 1 amide bonds. The van der Waals surface area contributed by atoms with Crippen LogP contribution in [-0.2, 0) is 11.2 Å². The molecule has 0 saturated heterocycles. The molecule has 2 aromatic carbocycles. The van der Waals surface area contributed by atoms with Crippen molar-refractivity contribution in [2.24, 2.45) is 0 Å². The highest BCUT2D eigenvalue weighted by Gasteiger charge is 2.09. The molecule has 0 aliphatic rings. The van der Waals surface area contributed by atoms with Crippen molar-refractivity contribution in [1.82, 2.24) is 4.98 Å². The van der Waals surface area contributed by atoms with Crippen LogP contribution < -0.4 is 14.8 Å². The zero-order valence-electron chi connectivity index (χ0n) is 14.7. The Bertz CT molecular complexity index is 892. The van der Waals surface area contributed by atoms with E-state index in [1.807, 2.05) is 53.9 Å². The van der Waals surface area contributed by atoms with Crippen molar-refractivity contribution in [2.45, 2.75) is 13.3 Å². The number of hydrogen-bond acceptors (Lipinski definition) is 5. The lowest BCUT2D eigenvalue weighted by molar-refractivity contribution is -0.118. The summed E-state index contributed by atoms with van der Waals surface area (Å²) in [5.41, 5.74) is 2.90. The van der Waals surface area contributed by atoms with Crippen LogP contribution in [0.4, 0.5) is 5.13 Å². The maximum Gasteiger partial charge on any atom is 0.264 e. The van der Waals surface area contributed by atoms with E-state index >= 15 is 0 Å². The summed E-state index contributed by atoms with van der Waals surface area (Å²) < 4.78 is 10.8. The Labute approximate surface area is 156 Å². The van der Waals surface area contributed by atoms with E-state index in [4.69, 9.17) is 9.47 Å². The quantitative estimate of drug-likeness (QED) is 0.671. The minimum absolute atomic E-state index is 0.0543. The van der Waals surface area contributed by atoms with Crippen LogP contribution in [0.15, 0.2) is 53.9 Å². The fourth-order valence-electron chi connectivity index (χ4n) is 2.41. The molecule has 1 aromatic heterocycles. The van der Waals surface area contributed by atoms with Crippen molar-refractivity contribution >= 4 is 22.4 Å². The van der Waals surface area contributed by atoms with Crippen molar-refractivity contribution in [3.05, 3.63) is 59.5 Å². The number of benzene rings is 2. The molecule has 0 fully saturated rings. The van der Waals surface area contributed by atoms with Gasteiger partial charge in [0.2, 0.25) is 0 Å². The van der Waals surface area contributed by atoms with Crippen molar-refractivity contribution in [2.75, 3.05) is 19.0 Å². The van der Waals surface area contributed by atoms with E-state index in [0.29, 0.717) is 10.9 Å². The Morgan fingerprint density at radius 1 is 1.15 bits per heavy atom. The van der Waals surface area contributed by atoms with Crippen molar-refractivity contribution in [3.8, 4) is 22.8 Å². The summed E-state index contributed by atoms with van der Waals surface area (Å²) in [6.45, 7) is 2.02. The van der Waals surface area contributed by atoms with Crippen molar-refractivity contribution < 1.29 is 14.3 Å². The first kappa shape index (κ1) is 17.9. The second-order valence-electron chi connectivity index (χ2n) is 5.61. The van der Waals surface area contributed by atoms with Gasteiger partial charge in [-0.25, -0.2) is 4.98 Å². The van der Waals surface area contributed by atoms with Crippen LogP contribution in [0.1, 0.15) is 12.5 Å². The van der Waals surface area contributed by atoms with Crippen LogP contribution in [0, 0.1) is 0 Å². The van der Waals surface area contributed by atoms with E-state index in [1.54, 1.807) is 7.11 Å². The normalized spacial score (nSPS) is 10.4. The summed E-state index contributed by atoms with van der Waals surface area (Å²) in [5.74, 6) is 1.22. The summed E-state index contributed by atoms with van der Waals surface area (Å²) in [4.78, 5) is 16.6. The van der Waals surface area contributed by atoms with E-state index in [9.17, 15) is 4.79 Å². The lowest BCUT2D eigenvalue weighted by Crippen LogP contribution is -2.20. The highest BCUT2D eigenvalue weighted by molar-refractivity contribution is 7.14. The van der Waals surface area contributed by atoms with Gasteiger partial charge in [-0.1, -0.05) is 31.2 Å². The first-order chi connectivity index (χ1) is 12.7. The van der Waals surface area contributed by atoms with Crippen LogP contribution in [0.2, 0.25) is 0 Å². The van der Waals surface area contributed by atoms with Crippen molar-refractivity contribution in [3.63, 3.8) is 0 Å². The molecule has 1 N–H and O–H groups in total. The van der Waals surface area contributed by atoms with Crippen LogP contribution in [0.25, 0.3) is 11.3 Å². The minimum Gasteiger partial charge on any atom is -0.497 e. The molecule has 6 heteroatoms. The molecule has 26 heavy (non-hydrogen) atoms. The number of nitrogens with zero attached hydrogens (tertiary/aromatic N) is 1. The smallest absolute Gasteiger partial charge is 0.264 e. The first-order valence-corrected chi connectivity index (χ1v) is 9.17. The molecule has 0 spiro atoms. The molecule has 0 aliphatic heterocycles. The number of hydrogen-bond donors (Lipinski definition) is 1. The first-order valence-electron chi connectivity index (χ1n) is 8.29. The predicted molar refractivity (Wildman–Crippen MR) is 104 cm³/mol. The van der Waals surface area contributed by atoms with Gasteiger partial charge in [-0.3, -0.25) is 10.1 Å². The number of amides is 1. The predicted octanol–water partition coefficient (Wildman–Crippen LogP) is 4.40. The highest BCUT2D eigenvalue weighted by Crippen LogP contribution is 2.27. The molecular weight excluding hydrogens is 348 g/mol. The molecule has 3 aromatic rings. The number of ether oxygens (including phenoxy) is 2. The number of anilines is 1. The third kappa shape index (κ3) is 4.61. The van der Waals surface area contributed by atoms with Crippen LogP contribution >= 0.6 is 11.3 Å². The molecule has 0 aliphatic carbocycles. The average molecular weight is 368 g/mol. The van der Waals surface area contributed by atoms with E-state index < -0.39 is 0 Å². The Hall–Kier alpha value is -2.86. The number of thiazole rings is 1. The fourth-order valence-corrected chi connectivity index (χ4v) is 3.14. The van der Waals surface area contributed by atoms with Gasteiger partial charge in [-0.2, -0.15) is 0 Å². The Morgan fingerprint density at radius 2 is 1.96 bits per heavy atom. The van der Waals surface area contributed by atoms with Crippen LogP contribution in [-0.4, -0.2) is 24.6 Å². The van der Waals surface area contributed by atoms with E-state index in [0.717, 1.165) is 23.4 Å². The number of methoxy groups -OCH3 is 1. The summed E-state index contributed by atoms with van der Waals surface area (Å²) >= 11 is 1.37. The van der Waals surface area contributed by atoms with E-state index in [2.05, 4.69) is 17.2 Å². The molecule has 0 bridgehead atoms. The van der Waals surface area contributed by atoms with Gasteiger partial charge in [0.05, 0.1) is 12.8 Å². The molecule has 0 atom stereocenters. The van der Waals surface area contributed by atoms with Gasteiger partial charge >= 0.3 is 0 Å². The average Bonchev–Trinajstić information content (AvgIpc) is 3.15. The monoisotopic (exact) mass is 368 g/mol. The Kier molecular flexibility index (Phi) is 5.86. The molecule has 0 radical (unpaired) electrons. The van der Waals surface area contributed by atoms with Crippen LogP contribution in [0.5, 0.6) is 11.5 Å². The standard InChI is InChI=1S/C20H20N2O3S/c1-3-14-6-4-9-17(10-14)25-12-19(23)22-20-21-18(13-26-20)15-7-5-8-16(11-15)24-2/h4-11,13H,3,12H2,1-2H3,(H,21,22,23). The van der Waals surface area contributed by atoms with Gasteiger partial charge in [0.15, 0.2) is 11.7 Å². The molecule has 5 nitrogen and oxygen atoms in total. The fraction of sp³-hybridized carbons (Fsp3) is 0.200. The molecular formula is C20H20N2O3S. The second kappa shape index (κ2) is 8.49. The zero-order valence-corrected chi connectivity index (χ0v) is 15.5. The maximum atomic E-state index is 12.1. The largest absolute Gasteiger partial charge is 0.497 e. The van der Waals surface area contributed by atoms with E-state index in [1.165, 1.54) is 16.9 Å². The van der Waals surface area contributed by atoms with Crippen molar-refractivity contribution in [1.29, 1.82) is 0 Å². The molecule has 3 rings (SSSR count). The van der Waals surface area contributed by atoms with Gasteiger partial charge in [0.1, 0.15) is 11.5 Å². The topological polar surface area (TPSA) is 60.5 Å². The van der Waals surface area contributed by atoms with Gasteiger partial charge in [-0.15, -0.1) is 11.3 Å². The third-order valence-corrected chi connectivity index (χ3v) is 4.55. The number of aryl methyl sites for hydroxylation is 1. The molecule has 0 saturated carbocycles. The highest BCUT2D eigenvalue weighted by atomic mass is 32.1. The summed E-state index contributed by atoms with van der Waals surface area (Å²) in [5, 5.41) is 5.21. The summed E-state index contributed by atoms with van der Waals surface area (Å²) in [6, 6.07) is 15.4. The van der Waals surface area contributed by atoms with E-state index in [-0.39, 0.29) is 12.5 Å². The number of aromatic nitrogens is 1. The van der Waals surface area contributed by atoms with Gasteiger partial charge in [0.25, 0.3) is 5.91 Å². The van der Waals surface area contributed by atoms with Gasteiger partial charge in [0, 0.05) is 10.9 Å². The number of nitrogens with one attached hydrogen (secondary N) is 1. The summed E-state index contributed by atoms with van der Waals surface area (Å²) in [6.07, 6.45) is 0.926. The lowest BCUT2D eigenvalue weighted by atomic mass is 10.2. The second-order valence-corrected chi connectivity index (χ2v) is 6.47. The summed E-state index contributed by atoms with van der Waals surface area (Å²) in [7, 11) is 1.63.